The van der Waals surface area contributed by atoms with Crippen molar-refractivity contribution in [2.24, 2.45) is 41.4 Å². The van der Waals surface area contributed by atoms with Crippen LogP contribution in [0.15, 0.2) is 48.6 Å². The number of carbonyl (C=O) groups is 4. The Hall–Kier alpha value is -3.36. The van der Waals surface area contributed by atoms with Crippen LogP contribution in [0.1, 0.15) is 103 Å². The van der Waals surface area contributed by atoms with Gasteiger partial charge in [0.2, 0.25) is 0 Å². The van der Waals surface area contributed by atoms with E-state index in [1.807, 2.05) is 0 Å². The predicted octanol–water partition coefficient (Wildman–Crippen LogP) is 7.95. The topological polar surface area (TPSA) is 151 Å². The molecule has 0 aromatic rings. The van der Waals surface area contributed by atoms with Gasteiger partial charge in [-0.15, -0.1) is 0 Å². The summed E-state index contributed by atoms with van der Waals surface area (Å²) in [5.41, 5.74) is 1.24. The van der Waals surface area contributed by atoms with Crippen molar-refractivity contribution >= 4 is 23.9 Å². The van der Waals surface area contributed by atoms with E-state index in [2.05, 4.69) is 26.3 Å². The Kier molecular flexibility index (Phi) is 25.6. The van der Waals surface area contributed by atoms with Crippen molar-refractivity contribution in [1.29, 1.82) is 0 Å². The van der Waals surface area contributed by atoms with Crippen LogP contribution in [0.3, 0.4) is 0 Å². The maximum absolute atomic E-state index is 12.5. The molecule has 3 saturated carbocycles. The second-order valence-electron chi connectivity index (χ2n) is 17.6. The maximum atomic E-state index is 12.5. The van der Waals surface area contributed by atoms with Crippen molar-refractivity contribution in [1.82, 2.24) is 0 Å². The molecule has 3 aliphatic carbocycles. The molecule has 0 saturated heterocycles. The quantitative estimate of drug-likeness (QED) is 0.0298. The molecule has 0 N–H and O–H groups in total. The van der Waals surface area contributed by atoms with Gasteiger partial charge in [-0.2, -0.15) is 0 Å². The van der Waals surface area contributed by atoms with Gasteiger partial charge in [-0.3, -0.25) is 0 Å². The lowest BCUT2D eigenvalue weighted by molar-refractivity contribution is -0.145. The molecule has 3 rings (SSSR count). The molecule has 0 aliphatic heterocycles. The van der Waals surface area contributed by atoms with Gasteiger partial charge in [0.1, 0.15) is 6.61 Å². The van der Waals surface area contributed by atoms with E-state index in [0.29, 0.717) is 84.6 Å². The van der Waals surface area contributed by atoms with Crippen molar-refractivity contribution in [2.45, 2.75) is 109 Å². The Morgan fingerprint density at radius 2 is 0.790 bits per heavy atom. The highest BCUT2D eigenvalue weighted by Crippen LogP contribution is 2.51. The van der Waals surface area contributed by atoms with Crippen molar-refractivity contribution in [2.75, 3.05) is 87.9 Å². The normalized spacial score (nSPS) is 25.0. The van der Waals surface area contributed by atoms with Gasteiger partial charge in [0.15, 0.2) is 0 Å². The van der Waals surface area contributed by atoms with E-state index in [1.165, 1.54) is 28.4 Å². The third-order valence-corrected chi connectivity index (χ3v) is 13.2. The molecule has 352 valence electrons. The van der Waals surface area contributed by atoms with E-state index in [4.69, 9.17) is 42.6 Å². The average molecular weight is 875 g/mol. The van der Waals surface area contributed by atoms with Gasteiger partial charge in [-0.05, 0) is 118 Å². The highest BCUT2D eigenvalue weighted by Gasteiger charge is 2.45. The van der Waals surface area contributed by atoms with Crippen LogP contribution in [0.4, 0.5) is 0 Å². The number of carbonyl (C=O) groups excluding carboxylic acids is 4. The number of rotatable bonds is 30. The zero-order valence-corrected chi connectivity index (χ0v) is 38.4. The van der Waals surface area contributed by atoms with Gasteiger partial charge in [0, 0.05) is 28.4 Å². The fourth-order valence-corrected chi connectivity index (χ4v) is 9.98. The first-order valence-corrected chi connectivity index (χ1v) is 22.9. The predicted molar refractivity (Wildman–Crippen MR) is 236 cm³/mol. The molecule has 62 heavy (non-hydrogen) atoms. The summed E-state index contributed by atoms with van der Waals surface area (Å²) in [6, 6.07) is 0. The van der Waals surface area contributed by atoms with Gasteiger partial charge in [-0.1, -0.05) is 52.0 Å². The highest BCUT2D eigenvalue weighted by molar-refractivity contribution is 5.89. The van der Waals surface area contributed by atoms with E-state index in [0.717, 1.165) is 103 Å². The summed E-state index contributed by atoms with van der Waals surface area (Å²) in [6.07, 6.45) is 16.5. The summed E-state index contributed by atoms with van der Waals surface area (Å²) in [4.78, 5) is 49.3. The van der Waals surface area contributed by atoms with Crippen LogP contribution in [0.25, 0.3) is 0 Å². The SMILES string of the molecule is C=C(COC)C(=O)OCCCC1CCC(C2CC(OCCOC(=O)C(=C)COC)C(C3CCC(CCCOC(=O)C(=C)COC)CC3)CC2CCCOC(=O)C(=C)COC)CC1. The molecule has 4 unspecified atom stereocenters. The van der Waals surface area contributed by atoms with E-state index in [9.17, 15) is 19.2 Å². The van der Waals surface area contributed by atoms with Gasteiger partial charge in [0.25, 0.3) is 0 Å². The Bertz CT molecular complexity index is 1320. The van der Waals surface area contributed by atoms with Crippen LogP contribution in [0, 0.1) is 41.4 Å². The van der Waals surface area contributed by atoms with Crippen LogP contribution in [0.2, 0.25) is 0 Å². The Labute approximate surface area is 371 Å². The van der Waals surface area contributed by atoms with Gasteiger partial charge < -0.3 is 42.6 Å². The van der Waals surface area contributed by atoms with E-state index in [1.54, 1.807) is 0 Å². The first kappa shape index (κ1) is 53.0. The zero-order valence-electron chi connectivity index (χ0n) is 38.4. The molecule has 0 bridgehead atoms. The minimum Gasteiger partial charge on any atom is -0.462 e. The number of hydrogen-bond donors (Lipinski definition) is 0. The van der Waals surface area contributed by atoms with Crippen LogP contribution < -0.4 is 0 Å². The fourth-order valence-electron chi connectivity index (χ4n) is 9.98. The molecule has 13 nitrogen and oxygen atoms in total. The first-order valence-electron chi connectivity index (χ1n) is 22.9. The summed E-state index contributed by atoms with van der Waals surface area (Å²) >= 11 is 0. The van der Waals surface area contributed by atoms with Crippen molar-refractivity contribution in [3.05, 3.63) is 48.6 Å². The van der Waals surface area contributed by atoms with E-state index < -0.39 is 23.9 Å². The monoisotopic (exact) mass is 875 g/mol. The Balaban J connectivity index is 1.68. The van der Waals surface area contributed by atoms with Crippen LogP contribution in [0.5, 0.6) is 0 Å². The number of hydrogen-bond acceptors (Lipinski definition) is 13. The summed E-state index contributed by atoms with van der Waals surface area (Å²) in [7, 11) is 6.11. The van der Waals surface area contributed by atoms with E-state index >= 15 is 0 Å². The molecule has 13 heteroatoms. The van der Waals surface area contributed by atoms with Crippen LogP contribution in [-0.2, 0) is 61.8 Å². The minimum atomic E-state index is -0.473. The van der Waals surface area contributed by atoms with Crippen LogP contribution >= 0.6 is 0 Å². The van der Waals surface area contributed by atoms with Gasteiger partial charge in [-0.25, -0.2) is 19.2 Å². The molecule has 0 spiro atoms. The molecule has 3 aliphatic rings. The number of methoxy groups -OCH3 is 4. The third-order valence-electron chi connectivity index (χ3n) is 13.2. The van der Waals surface area contributed by atoms with Crippen molar-refractivity contribution in [3.8, 4) is 0 Å². The lowest BCUT2D eigenvalue weighted by Crippen LogP contribution is -2.44. The average Bonchev–Trinajstić information content (AvgIpc) is 3.27. The standard InChI is InChI=1S/C49H78O13/c1-34(30-54-5)46(50)59-23-9-12-38-15-19-40(20-16-38)43-29-45(58-26-27-62-49(53)37(4)33-57-8)44(28-42(43)14-11-25-61-48(52)36(3)32-56-7)41-21-17-39(18-22-41)13-10-24-60-47(51)35(2)31-55-6/h38-45H,1-4,9-33H2,5-8H3. The minimum absolute atomic E-state index is 0.0359. The lowest BCUT2D eigenvalue weighted by atomic mass is 9.59. The molecule has 0 heterocycles. The number of esters is 4. The summed E-state index contributed by atoms with van der Waals surface area (Å²) < 4.78 is 48.9. The Morgan fingerprint density at radius 1 is 0.435 bits per heavy atom. The summed E-state index contributed by atoms with van der Waals surface area (Å²) in [5.74, 6) is 1.81. The third kappa shape index (κ3) is 18.8. The molecule has 0 aromatic carbocycles. The molecule has 4 atom stereocenters. The molecule has 0 amide bonds. The first-order chi connectivity index (χ1) is 29.9. The smallest absolute Gasteiger partial charge is 0.335 e. The zero-order chi connectivity index (χ0) is 45.3. The lowest BCUT2D eigenvalue weighted by Gasteiger charge is -2.49. The second-order valence-corrected chi connectivity index (χ2v) is 17.6. The van der Waals surface area contributed by atoms with Crippen molar-refractivity contribution in [3.63, 3.8) is 0 Å². The highest BCUT2D eigenvalue weighted by atomic mass is 16.6. The van der Waals surface area contributed by atoms with Crippen LogP contribution in [-0.4, -0.2) is 118 Å². The fraction of sp³-hybridized carbons (Fsp3) is 0.755. The molecular weight excluding hydrogens is 797 g/mol. The molecular formula is C49H78O13. The largest absolute Gasteiger partial charge is 0.462 e. The van der Waals surface area contributed by atoms with E-state index in [-0.39, 0.29) is 44.7 Å². The Morgan fingerprint density at radius 3 is 1.18 bits per heavy atom. The molecule has 0 radical (unpaired) electrons. The maximum Gasteiger partial charge on any atom is 0.335 e. The number of ether oxygens (including phenoxy) is 9. The molecule has 0 aromatic heterocycles. The molecule has 3 fully saturated rings. The van der Waals surface area contributed by atoms with Gasteiger partial charge >= 0.3 is 23.9 Å². The summed E-state index contributed by atoms with van der Waals surface area (Å²) in [5, 5.41) is 0. The van der Waals surface area contributed by atoms with Crippen molar-refractivity contribution < 1.29 is 61.8 Å². The van der Waals surface area contributed by atoms with Gasteiger partial charge in [0.05, 0.1) is 81.3 Å². The second kappa shape index (κ2) is 29.9. The summed E-state index contributed by atoms with van der Waals surface area (Å²) in [6.45, 7) is 17.2.